The molecule has 0 bridgehead atoms. The number of carbonyl (C=O) groups is 1. The van der Waals surface area contributed by atoms with Gasteiger partial charge in [-0.05, 0) is 40.8 Å². The van der Waals surface area contributed by atoms with Gasteiger partial charge in [-0.25, -0.2) is 0 Å². The summed E-state index contributed by atoms with van der Waals surface area (Å²) < 4.78 is 1.04. The van der Waals surface area contributed by atoms with Crippen molar-refractivity contribution in [1.29, 1.82) is 5.26 Å². The fraction of sp³-hybridized carbons (Fsp3) is 0.538. The highest BCUT2D eigenvalue weighted by Gasteiger charge is 2.50. The molecule has 1 aromatic rings. The first-order valence-corrected chi connectivity index (χ1v) is 7.54. The van der Waals surface area contributed by atoms with E-state index in [9.17, 15) is 10.1 Å². The molecule has 1 aromatic heterocycles. The highest BCUT2D eigenvalue weighted by Crippen LogP contribution is 2.46. The first-order valence-electron chi connectivity index (χ1n) is 5.86. The van der Waals surface area contributed by atoms with Crippen molar-refractivity contribution in [1.82, 2.24) is 4.90 Å². The summed E-state index contributed by atoms with van der Waals surface area (Å²) >= 11 is 5.02. The summed E-state index contributed by atoms with van der Waals surface area (Å²) in [4.78, 5) is 15.1. The van der Waals surface area contributed by atoms with Gasteiger partial charge in [0.2, 0.25) is 5.91 Å². The van der Waals surface area contributed by atoms with Gasteiger partial charge in [0.15, 0.2) is 0 Å². The van der Waals surface area contributed by atoms with Gasteiger partial charge in [-0.2, -0.15) is 5.26 Å². The van der Waals surface area contributed by atoms with Gasteiger partial charge < -0.3 is 4.90 Å². The molecule has 0 saturated heterocycles. The van der Waals surface area contributed by atoms with E-state index in [0.717, 1.165) is 9.35 Å². The average molecular weight is 327 g/mol. The summed E-state index contributed by atoms with van der Waals surface area (Å²) in [5.41, 5.74) is -0.761. The minimum atomic E-state index is -0.761. The Morgan fingerprint density at radius 1 is 1.72 bits per heavy atom. The molecule has 1 amide bonds. The van der Waals surface area contributed by atoms with Crippen LogP contribution < -0.4 is 0 Å². The fourth-order valence-corrected chi connectivity index (χ4v) is 4.05. The monoisotopic (exact) mass is 326 g/mol. The first kappa shape index (κ1) is 13.6. The Morgan fingerprint density at radius 3 is 2.83 bits per heavy atom. The van der Waals surface area contributed by atoms with Gasteiger partial charge in [-0.15, -0.1) is 11.3 Å². The maximum absolute atomic E-state index is 12.3. The average Bonchev–Trinajstić information content (AvgIpc) is 2.69. The van der Waals surface area contributed by atoms with Gasteiger partial charge in [-0.3, -0.25) is 4.79 Å². The topological polar surface area (TPSA) is 44.1 Å². The van der Waals surface area contributed by atoms with Crippen LogP contribution in [0, 0.1) is 22.7 Å². The van der Waals surface area contributed by atoms with Crippen molar-refractivity contribution in [2.75, 3.05) is 7.05 Å². The zero-order chi connectivity index (χ0) is 13.3. The standard InChI is InChI=1S/C13H15BrN2OS/c1-9-4-13(5-9,8-15)12(17)16(2)6-11-3-10(14)7-18-11/h3,7,9H,4-6H2,1-2H3. The van der Waals surface area contributed by atoms with Gasteiger partial charge in [0, 0.05) is 21.8 Å². The molecule has 1 aliphatic rings. The van der Waals surface area contributed by atoms with Crippen LogP contribution in [0.15, 0.2) is 15.9 Å². The molecular weight excluding hydrogens is 312 g/mol. The van der Waals surface area contributed by atoms with Crippen LogP contribution in [0.25, 0.3) is 0 Å². The van der Waals surface area contributed by atoms with E-state index >= 15 is 0 Å². The molecule has 0 spiro atoms. The number of hydrogen-bond donors (Lipinski definition) is 0. The van der Waals surface area contributed by atoms with Crippen molar-refractivity contribution in [3.63, 3.8) is 0 Å². The molecule has 0 aromatic carbocycles. The van der Waals surface area contributed by atoms with Crippen LogP contribution in [0.4, 0.5) is 0 Å². The van der Waals surface area contributed by atoms with E-state index in [-0.39, 0.29) is 5.91 Å². The number of nitrogens with zero attached hydrogens (tertiary/aromatic N) is 2. The molecule has 0 atom stereocenters. The third-order valence-corrected chi connectivity index (χ3v) is 5.06. The number of carbonyl (C=O) groups excluding carboxylic acids is 1. The summed E-state index contributed by atoms with van der Waals surface area (Å²) in [5, 5.41) is 11.2. The third-order valence-electron chi connectivity index (χ3n) is 3.38. The predicted octanol–water partition coefficient (Wildman–Crippen LogP) is 3.41. The quantitative estimate of drug-likeness (QED) is 0.854. The van der Waals surface area contributed by atoms with Crippen LogP contribution in [0.3, 0.4) is 0 Å². The predicted molar refractivity (Wildman–Crippen MR) is 74.9 cm³/mol. The number of amides is 1. The van der Waals surface area contributed by atoms with Gasteiger partial charge in [0.25, 0.3) is 0 Å². The molecule has 0 unspecified atom stereocenters. The van der Waals surface area contributed by atoms with Crippen molar-refractivity contribution in [2.24, 2.45) is 11.3 Å². The van der Waals surface area contributed by atoms with Crippen molar-refractivity contribution in [2.45, 2.75) is 26.3 Å². The summed E-state index contributed by atoms with van der Waals surface area (Å²) in [7, 11) is 1.78. The van der Waals surface area contributed by atoms with E-state index in [1.807, 2.05) is 11.4 Å². The number of hydrogen-bond acceptors (Lipinski definition) is 3. The minimum absolute atomic E-state index is 0.0346. The van der Waals surface area contributed by atoms with Gasteiger partial charge in [0.1, 0.15) is 5.41 Å². The van der Waals surface area contributed by atoms with E-state index in [0.29, 0.717) is 25.3 Å². The molecule has 0 aliphatic heterocycles. The van der Waals surface area contributed by atoms with E-state index in [2.05, 4.69) is 28.9 Å². The van der Waals surface area contributed by atoms with Crippen LogP contribution in [0.2, 0.25) is 0 Å². The van der Waals surface area contributed by atoms with Crippen LogP contribution in [-0.2, 0) is 11.3 Å². The van der Waals surface area contributed by atoms with Gasteiger partial charge in [0.05, 0.1) is 12.6 Å². The molecule has 0 N–H and O–H groups in total. The zero-order valence-corrected chi connectivity index (χ0v) is 12.8. The molecule has 3 nitrogen and oxygen atoms in total. The summed E-state index contributed by atoms with van der Waals surface area (Å²) in [5.74, 6) is 0.450. The molecular formula is C13H15BrN2OS. The lowest BCUT2D eigenvalue weighted by Gasteiger charge is -2.41. The van der Waals surface area contributed by atoms with Crippen molar-refractivity contribution >= 4 is 33.2 Å². The first-order chi connectivity index (χ1) is 8.47. The normalized spacial score (nSPS) is 26.2. The van der Waals surface area contributed by atoms with Crippen LogP contribution in [-0.4, -0.2) is 17.9 Å². The van der Waals surface area contributed by atoms with Crippen LogP contribution in [0.5, 0.6) is 0 Å². The Balaban J connectivity index is 2.03. The molecule has 1 fully saturated rings. The van der Waals surface area contributed by atoms with E-state index in [1.165, 1.54) is 0 Å². The van der Waals surface area contributed by atoms with E-state index < -0.39 is 5.41 Å². The number of halogens is 1. The van der Waals surface area contributed by atoms with Crippen molar-refractivity contribution in [3.8, 4) is 6.07 Å². The maximum Gasteiger partial charge on any atom is 0.243 e. The lowest BCUT2D eigenvalue weighted by molar-refractivity contribution is -0.144. The Kier molecular flexibility index (Phi) is 3.79. The Hall–Kier alpha value is -0.860. The number of thiophene rings is 1. The fourth-order valence-electron chi connectivity index (χ4n) is 2.55. The molecule has 18 heavy (non-hydrogen) atoms. The molecule has 96 valence electrons. The second-order valence-electron chi connectivity index (χ2n) is 5.10. The van der Waals surface area contributed by atoms with Gasteiger partial charge in [-0.1, -0.05) is 6.92 Å². The molecule has 2 rings (SSSR count). The van der Waals surface area contributed by atoms with E-state index in [1.54, 1.807) is 23.3 Å². The largest absolute Gasteiger partial charge is 0.339 e. The Bertz CT molecular complexity index is 499. The number of nitriles is 1. The van der Waals surface area contributed by atoms with E-state index in [4.69, 9.17) is 0 Å². The van der Waals surface area contributed by atoms with Crippen molar-refractivity contribution in [3.05, 3.63) is 20.8 Å². The Labute approximate surface area is 120 Å². The number of rotatable bonds is 3. The summed E-state index contributed by atoms with van der Waals surface area (Å²) in [6.45, 7) is 2.66. The van der Waals surface area contributed by atoms with Crippen LogP contribution in [0.1, 0.15) is 24.6 Å². The molecule has 1 saturated carbocycles. The lowest BCUT2D eigenvalue weighted by Crippen LogP contribution is -2.48. The molecule has 1 aliphatic carbocycles. The smallest absolute Gasteiger partial charge is 0.243 e. The molecule has 0 radical (unpaired) electrons. The van der Waals surface area contributed by atoms with Crippen LogP contribution >= 0.6 is 27.3 Å². The molecule has 1 heterocycles. The second-order valence-corrected chi connectivity index (χ2v) is 7.01. The third kappa shape index (κ3) is 2.45. The second kappa shape index (κ2) is 5.02. The SMILES string of the molecule is CC1CC(C#N)(C(=O)N(C)Cc2cc(Br)cs2)C1. The summed E-state index contributed by atoms with van der Waals surface area (Å²) in [6, 6.07) is 4.23. The van der Waals surface area contributed by atoms with Crippen molar-refractivity contribution < 1.29 is 4.79 Å². The highest BCUT2D eigenvalue weighted by atomic mass is 79.9. The summed E-state index contributed by atoms with van der Waals surface area (Å²) in [6.07, 6.45) is 1.39. The zero-order valence-electron chi connectivity index (χ0n) is 10.4. The Morgan fingerprint density at radius 2 is 2.39 bits per heavy atom. The maximum atomic E-state index is 12.3. The minimum Gasteiger partial charge on any atom is -0.339 e. The molecule has 5 heteroatoms. The lowest BCUT2D eigenvalue weighted by atomic mass is 9.63. The van der Waals surface area contributed by atoms with Gasteiger partial charge >= 0.3 is 0 Å². The highest BCUT2D eigenvalue weighted by molar-refractivity contribution is 9.10.